The normalized spacial score (nSPS) is 19.6. The third-order valence-corrected chi connectivity index (χ3v) is 4.69. The second kappa shape index (κ2) is 9.33. The highest BCUT2D eigenvalue weighted by molar-refractivity contribution is 5.96. The van der Waals surface area contributed by atoms with Gasteiger partial charge in [-0.15, -0.1) is 0 Å². The highest BCUT2D eigenvalue weighted by Gasteiger charge is 2.38. The van der Waals surface area contributed by atoms with Crippen molar-refractivity contribution in [2.45, 2.75) is 45.2 Å². The zero-order valence-corrected chi connectivity index (χ0v) is 15.4. The van der Waals surface area contributed by atoms with Crippen LogP contribution in [-0.4, -0.2) is 64.9 Å². The summed E-state index contributed by atoms with van der Waals surface area (Å²) in [5.41, 5.74) is 0.682. The molecule has 2 unspecified atom stereocenters. The van der Waals surface area contributed by atoms with Gasteiger partial charge in [-0.25, -0.2) is 4.79 Å². The van der Waals surface area contributed by atoms with Crippen LogP contribution in [0.4, 0.5) is 5.69 Å². The van der Waals surface area contributed by atoms with Crippen LogP contribution in [0.3, 0.4) is 0 Å². The van der Waals surface area contributed by atoms with Crippen LogP contribution in [0.2, 0.25) is 0 Å². The van der Waals surface area contributed by atoms with Crippen LogP contribution in [0, 0.1) is 0 Å². The molecule has 1 aromatic carbocycles. The van der Waals surface area contributed by atoms with Gasteiger partial charge in [0.2, 0.25) is 12.3 Å². The maximum Gasteiger partial charge on any atom is 0.335 e. The number of amides is 2. The van der Waals surface area contributed by atoms with E-state index in [0.29, 0.717) is 18.7 Å². The number of nitrogens with zero attached hydrogens (tertiary/aromatic N) is 2. The van der Waals surface area contributed by atoms with E-state index in [0.717, 1.165) is 32.3 Å². The molecule has 7 nitrogen and oxygen atoms in total. The van der Waals surface area contributed by atoms with Crippen LogP contribution in [0.1, 0.15) is 43.5 Å². The predicted octanol–water partition coefficient (Wildman–Crippen LogP) is 2.04. The molecule has 26 heavy (non-hydrogen) atoms. The molecule has 142 valence electrons. The number of aromatic carboxylic acids is 1. The molecule has 2 atom stereocenters. The topological polar surface area (TPSA) is 89.9 Å². The number of likely N-dealkylation sites (tertiary alicyclic amines) is 1. The van der Waals surface area contributed by atoms with E-state index < -0.39 is 12.0 Å². The fourth-order valence-electron chi connectivity index (χ4n) is 3.45. The molecule has 1 heterocycles. The number of carbonyl (C=O) groups excluding carboxylic acids is 2. The van der Waals surface area contributed by atoms with Crippen LogP contribution < -0.4 is 5.32 Å². The Bertz CT molecular complexity index is 626. The molecule has 7 heteroatoms. The number of hydrogen-bond acceptors (Lipinski definition) is 4. The lowest BCUT2D eigenvalue weighted by molar-refractivity contribution is -0.127. The minimum atomic E-state index is -1.01. The maximum atomic E-state index is 12.6. The second-order valence-corrected chi connectivity index (χ2v) is 6.62. The highest BCUT2D eigenvalue weighted by Crippen LogP contribution is 2.23. The van der Waals surface area contributed by atoms with Gasteiger partial charge < -0.3 is 15.3 Å². The summed E-state index contributed by atoms with van der Waals surface area (Å²) >= 11 is 0. The van der Waals surface area contributed by atoms with E-state index in [2.05, 4.69) is 24.1 Å². The first-order chi connectivity index (χ1) is 12.5. The first-order valence-corrected chi connectivity index (χ1v) is 9.09. The molecule has 0 radical (unpaired) electrons. The molecule has 0 bridgehead atoms. The molecular formula is C19H27N3O4. The third-order valence-electron chi connectivity index (χ3n) is 4.69. The van der Waals surface area contributed by atoms with Crippen LogP contribution >= 0.6 is 0 Å². The number of anilines is 1. The maximum absolute atomic E-state index is 12.6. The Morgan fingerprint density at radius 1 is 1.23 bits per heavy atom. The van der Waals surface area contributed by atoms with Crippen molar-refractivity contribution in [1.29, 1.82) is 0 Å². The summed E-state index contributed by atoms with van der Waals surface area (Å²) in [6.45, 7) is 6.71. The van der Waals surface area contributed by atoms with Gasteiger partial charge in [-0.3, -0.25) is 14.5 Å². The quantitative estimate of drug-likeness (QED) is 0.657. The van der Waals surface area contributed by atoms with E-state index in [1.807, 2.05) is 0 Å². The van der Waals surface area contributed by atoms with Crippen molar-refractivity contribution in [2.24, 2.45) is 0 Å². The smallest absolute Gasteiger partial charge is 0.335 e. The van der Waals surface area contributed by atoms with E-state index in [4.69, 9.17) is 5.11 Å². The highest BCUT2D eigenvalue weighted by atomic mass is 16.4. The van der Waals surface area contributed by atoms with Crippen molar-refractivity contribution in [2.75, 3.05) is 25.0 Å². The van der Waals surface area contributed by atoms with E-state index in [9.17, 15) is 14.4 Å². The molecule has 2 N–H and O–H groups in total. The van der Waals surface area contributed by atoms with Gasteiger partial charge in [0.25, 0.3) is 0 Å². The van der Waals surface area contributed by atoms with Crippen molar-refractivity contribution in [3.05, 3.63) is 29.8 Å². The van der Waals surface area contributed by atoms with Crippen molar-refractivity contribution in [3.63, 3.8) is 0 Å². The van der Waals surface area contributed by atoms with Gasteiger partial charge in [0.05, 0.1) is 5.56 Å². The van der Waals surface area contributed by atoms with Gasteiger partial charge >= 0.3 is 5.97 Å². The Kier molecular flexibility index (Phi) is 7.15. The van der Waals surface area contributed by atoms with E-state index >= 15 is 0 Å². The Labute approximate surface area is 154 Å². The average molecular weight is 361 g/mol. The Balaban J connectivity index is 2.04. The van der Waals surface area contributed by atoms with Crippen LogP contribution in [-0.2, 0) is 9.59 Å². The fraction of sp³-hybridized carbons (Fsp3) is 0.526. The molecule has 1 aliphatic heterocycles. The standard InChI is InChI=1S/C19H27N3O4/c1-3-9-21(10-4-2)16-11-17(22(12-16)13-23)18(24)20-15-7-5-14(6-8-15)19(25)26/h5-8,13,16-17H,3-4,9-12H2,1-2H3,(H,20,24)(H,25,26). The molecular weight excluding hydrogens is 334 g/mol. The molecule has 1 fully saturated rings. The lowest BCUT2D eigenvalue weighted by Gasteiger charge is -2.27. The number of carboxylic acid groups (broad SMARTS) is 1. The minimum Gasteiger partial charge on any atom is -0.478 e. The van der Waals surface area contributed by atoms with Crippen molar-refractivity contribution in [1.82, 2.24) is 9.80 Å². The summed E-state index contributed by atoms with van der Waals surface area (Å²) in [6.07, 6.45) is 3.42. The largest absolute Gasteiger partial charge is 0.478 e. The molecule has 1 aliphatic rings. The zero-order chi connectivity index (χ0) is 19.1. The van der Waals surface area contributed by atoms with Gasteiger partial charge in [0, 0.05) is 18.3 Å². The summed E-state index contributed by atoms with van der Waals surface area (Å²) in [5.74, 6) is -1.25. The number of carbonyl (C=O) groups is 3. The molecule has 0 aliphatic carbocycles. The van der Waals surface area contributed by atoms with E-state index in [1.54, 1.807) is 17.0 Å². The summed E-state index contributed by atoms with van der Waals surface area (Å²) in [5, 5.41) is 11.7. The lowest BCUT2D eigenvalue weighted by Crippen LogP contribution is -2.39. The predicted molar refractivity (Wildman–Crippen MR) is 99.1 cm³/mol. The van der Waals surface area contributed by atoms with Crippen molar-refractivity contribution in [3.8, 4) is 0 Å². The molecule has 0 aromatic heterocycles. The molecule has 1 saturated heterocycles. The molecule has 0 saturated carbocycles. The number of carboxylic acids is 1. The number of benzene rings is 1. The minimum absolute atomic E-state index is 0.160. The number of nitrogens with one attached hydrogen (secondary N) is 1. The van der Waals surface area contributed by atoms with E-state index in [-0.39, 0.29) is 17.5 Å². The summed E-state index contributed by atoms with van der Waals surface area (Å²) in [6, 6.07) is 5.67. The van der Waals surface area contributed by atoms with Gasteiger partial charge in [0.15, 0.2) is 0 Å². The van der Waals surface area contributed by atoms with Gasteiger partial charge in [-0.2, -0.15) is 0 Å². The van der Waals surface area contributed by atoms with Crippen LogP contribution in [0.5, 0.6) is 0 Å². The lowest BCUT2D eigenvalue weighted by atomic mass is 10.1. The SMILES string of the molecule is CCCN(CCC)C1CC(C(=O)Nc2ccc(C(=O)O)cc2)N(C=O)C1. The Hall–Kier alpha value is -2.41. The first-order valence-electron chi connectivity index (χ1n) is 9.09. The van der Waals surface area contributed by atoms with Gasteiger partial charge in [0.1, 0.15) is 6.04 Å². The van der Waals surface area contributed by atoms with Crippen LogP contribution in [0.15, 0.2) is 24.3 Å². The van der Waals surface area contributed by atoms with Crippen LogP contribution in [0.25, 0.3) is 0 Å². The molecule has 1 aromatic rings. The number of rotatable bonds is 9. The zero-order valence-electron chi connectivity index (χ0n) is 15.4. The van der Waals surface area contributed by atoms with Crippen molar-refractivity contribution < 1.29 is 19.5 Å². The molecule has 2 amide bonds. The van der Waals surface area contributed by atoms with Crippen molar-refractivity contribution >= 4 is 24.0 Å². The van der Waals surface area contributed by atoms with Gasteiger partial charge in [-0.1, -0.05) is 13.8 Å². The molecule has 0 spiro atoms. The monoisotopic (exact) mass is 361 g/mol. The summed E-state index contributed by atoms with van der Waals surface area (Å²) < 4.78 is 0. The Morgan fingerprint density at radius 3 is 2.35 bits per heavy atom. The summed E-state index contributed by atoms with van der Waals surface area (Å²) in [4.78, 5) is 38.9. The van der Waals surface area contributed by atoms with Gasteiger partial charge in [-0.05, 0) is 56.6 Å². The third kappa shape index (κ3) is 4.82. The second-order valence-electron chi connectivity index (χ2n) is 6.62. The summed E-state index contributed by atoms with van der Waals surface area (Å²) in [7, 11) is 0. The fourth-order valence-corrected chi connectivity index (χ4v) is 3.45. The Morgan fingerprint density at radius 2 is 1.85 bits per heavy atom. The number of hydrogen-bond donors (Lipinski definition) is 2. The average Bonchev–Trinajstić information content (AvgIpc) is 3.06. The first kappa shape index (κ1) is 19.9. The van der Waals surface area contributed by atoms with E-state index in [1.165, 1.54) is 12.1 Å². The molecule has 2 rings (SSSR count).